The number of hydrogen-bond acceptors (Lipinski definition) is 5. The molecule has 180 valence electrons. The normalized spacial score (nSPS) is 11.0. The van der Waals surface area contributed by atoms with Gasteiger partial charge < -0.3 is 14.8 Å². The molecule has 1 amide bonds. The third-order valence-electron chi connectivity index (χ3n) is 5.15. The van der Waals surface area contributed by atoms with Crippen LogP contribution in [0.4, 0.5) is 5.69 Å². The fourth-order valence-electron chi connectivity index (χ4n) is 3.38. The van der Waals surface area contributed by atoms with Crippen LogP contribution in [0.25, 0.3) is 0 Å². The van der Waals surface area contributed by atoms with E-state index < -0.39 is 10.0 Å². The summed E-state index contributed by atoms with van der Waals surface area (Å²) in [6.07, 6.45) is 1.42. The van der Waals surface area contributed by atoms with Gasteiger partial charge in [-0.2, -0.15) is 0 Å². The van der Waals surface area contributed by atoms with Gasteiger partial charge in [0.05, 0.1) is 24.8 Å². The van der Waals surface area contributed by atoms with Gasteiger partial charge in [0.1, 0.15) is 6.54 Å². The molecule has 0 aliphatic rings. The van der Waals surface area contributed by atoms with Crippen LogP contribution in [0.5, 0.6) is 11.5 Å². The largest absolute Gasteiger partial charge is 0.493 e. The summed E-state index contributed by atoms with van der Waals surface area (Å²) in [6.45, 7) is 0.104. The Morgan fingerprint density at radius 1 is 0.941 bits per heavy atom. The molecule has 3 aromatic rings. The lowest BCUT2D eigenvalue weighted by molar-refractivity contribution is -0.119. The summed E-state index contributed by atoms with van der Waals surface area (Å²) < 4.78 is 39.3. The molecule has 0 saturated carbocycles. The van der Waals surface area contributed by atoms with Gasteiger partial charge in [0, 0.05) is 10.1 Å². The number of aryl methyl sites for hydroxylation is 1. The first-order chi connectivity index (χ1) is 16.3. The Labute approximate surface area is 214 Å². The molecule has 0 unspecified atom stereocenters. The van der Waals surface area contributed by atoms with Crippen molar-refractivity contribution in [1.29, 1.82) is 0 Å². The van der Waals surface area contributed by atoms with Crippen molar-refractivity contribution in [3.8, 4) is 11.5 Å². The number of carbonyl (C=O) groups excluding carboxylic acids is 1. The first-order valence-electron chi connectivity index (χ1n) is 10.7. The molecule has 0 aliphatic heterocycles. The van der Waals surface area contributed by atoms with Crippen molar-refractivity contribution >= 4 is 44.2 Å². The highest BCUT2D eigenvalue weighted by Crippen LogP contribution is 2.28. The predicted octanol–water partition coefficient (Wildman–Crippen LogP) is 4.25. The Hall–Kier alpha value is -2.79. The first-order valence-corrected chi connectivity index (χ1v) is 13.2. The second-order valence-electron chi connectivity index (χ2n) is 7.44. The summed E-state index contributed by atoms with van der Waals surface area (Å²) in [5.41, 5.74) is 1.49. The Kier molecular flexibility index (Phi) is 9.17. The Balaban J connectivity index is 1.65. The number of hydrogen-bond donors (Lipinski definition) is 1. The molecule has 1 N–H and O–H groups in total. The lowest BCUT2D eigenvalue weighted by Crippen LogP contribution is -2.41. The van der Waals surface area contributed by atoms with Gasteiger partial charge in [0.2, 0.25) is 5.91 Å². The number of sulfonamides is 1. The number of anilines is 1. The van der Waals surface area contributed by atoms with E-state index in [0.717, 1.165) is 19.9 Å². The third-order valence-corrected chi connectivity index (χ3v) is 7.65. The molecular weight excluding hydrogens is 567 g/mol. The molecule has 0 bridgehead atoms. The second kappa shape index (κ2) is 12.1. The molecule has 9 heteroatoms. The minimum Gasteiger partial charge on any atom is -0.493 e. The van der Waals surface area contributed by atoms with E-state index in [1.54, 1.807) is 44.6 Å². The third kappa shape index (κ3) is 6.63. The maximum Gasteiger partial charge on any atom is 0.264 e. The van der Waals surface area contributed by atoms with Gasteiger partial charge in [0.15, 0.2) is 11.5 Å². The molecule has 0 fully saturated rings. The van der Waals surface area contributed by atoms with E-state index in [9.17, 15) is 13.2 Å². The zero-order valence-corrected chi connectivity index (χ0v) is 22.0. The van der Waals surface area contributed by atoms with Gasteiger partial charge >= 0.3 is 0 Å². The topological polar surface area (TPSA) is 84.9 Å². The standard InChI is InChI=1S/C25H27IN2O5S/c1-32-23-15-10-19(17-24(23)33-2)7-6-16-27-25(29)18-28(21-13-11-20(26)12-14-21)34(30,31)22-8-4-3-5-9-22/h3-5,8-15,17H,6-7,16,18H2,1-2H3,(H,27,29). The van der Waals surface area contributed by atoms with E-state index in [-0.39, 0.29) is 17.3 Å². The molecule has 0 spiro atoms. The highest BCUT2D eigenvalue weighted by molar-refractivity contribution is 14.1. The van der Waals surface area contributed by atoms with E-state index in [4.69, 9.17) is 9.47 Å². The fraction of sp³-hybridized carbons (Fsp3) is 0.240. The molecular formula is C25H27IN2O5S. The number of methoxy groups -OCH3 is 2. The number of halogens is 1. The van der Waals surface area contributed by atoms with E-state index in [0.29, 0.717) is 30.2 Å². The van der Waals surface area contributed by atoms with Gasteiger partial charge in [-0.15, -0.1) is 0 Å². The molecule has 0 aliphatic carbocycles. The van der Waals surface area contributed by atoms with Crippen LogP contribution in [-0.4, -0.2) is 41.6 Å². The SMILES string of the molecule is COc1ccc(CCCNC(=O)CN(c2ccc(I)cc2)S(=O)(=O)c2ccccc2)cc1OC. The number of ether oxygens (including phenoxy) is 2. The van der Waals surface area contributed by atoms with Crippen LogP contribution in [0.3, 0.4) is 0 Å². The molecule has 3 aromatic carbocycles. The molecule has 34 heavy (non-hydrogen) atoms. The van der Waals surface area contributed by atoms with Crippen LogP contribution >= 0.6 is 22.6 Å². The maximum absolute atomic E-state index is 13.3. The minimum absolute atomic E-state index is 0.134. The van der Waals surface area contributed by atoms with E-state index in [2.05, 4.69) is 27.9 Å². The number of nitrogens with one attached hydrogen (secondary N) is 1. The quantitative estimate of drug-likeness (QED) is 0.265. The van der Waals surface area contributed by atoms with Crippen molar-refractivity contribution in [2.75, 3.05) is 31.6 Å². The molecule has 3 rings (SSSR count). The molecule has 7 nitrogen and oxygen atoms in total. The summed E-state index contributed by atoms with van der Waals surface area (Å²) in [6, 6.07) is 20.8. The number of nitrogens with zero attached hydrogens (tertiary/aromatic N) is 1. The van der Waals surface area contributed by atoms with Gasteiger partial charge in [0.25, 0.3) is 10.0 Å². The summed E-state index contributed by atoms with van der Waals surface area (Å²) >= 11 is 2.15. The average molecular weight is 594 g/mol. The Morgan fingerprint density at radius 2 is 1.62 bits per heavy atom. The summed E-state index contributed by atoms with van der Waals surface area (Å²) in [5.74, 6) is 0.948. The van der Waals surface area contributed by atoms with Crippen molar-refractivity contribution < 1.29 is 22.7 Å². The van der Waals surface area contributed by atoms with Gasteiger partial charge in [-0.3, -0.25) is 9.10 Å². The van der Waals surface area contributed by atoms with Crippen LogP contribution in [0, 0.1) is 3.57 Å². The van der Waals surface area contributed by atoms with Crippen LogP contribution in [0.15, 0.2) is 77.7 Å². The molecule has 0 saturated heterocycles. The lowest BCUT2D eigenvalue weighted by Gasteiger charge is -2.24. The monoisotopic (exact) mass is 594 g/mol. The summed E-state index contributed by atoms with van der Waals surface area (Å²) in [4.78, 5) is 12.8. The Bertz CT molecular complexity index is 1200. The predicted molar refractivity (Wildman–Crippen MR) is 141 cm³/mol. The molecule has 0 aromatic heterocycles. The average Bonchev–Trinajstić information content (AvgIpc) is 2.86. The number of carbonyl (C=O) groups is 1. The van der Waals surface area contributed by atoms with Gasteiger partial charge in [-0.1, -0.05) is 24.3 Å². The molecule has 0 atom stereocenters. The molecule has 0 heterocycles. The van der Waals surface area contributed by atoms with Crippen LogP contribution in [0.2, 0.25) is 0 Å². The van der Waals surface area contributed by atoms with Gasteiger partial charge in [-0.05, 0) is 89.5 Å². The van der Waals surface area contributed by atoms with E-state index >= 15 is 0 Å². The minimum atomic E-state index is -3.91. The number of benzene rings is 3. The highest BCUT2D eigenvalue weighted by atomic mass is 127. The van der Waals surface area contributed by atoms with Crippen molar-refractivity contribution in [3.63, 3.8) is 0 Å². The van der Waals surface area contributed by atoms with Crippen LogP contribution < -0.4 is 19.1 Å². The van der Waals surface area contributed by atoms with Crippen molar-refractivity contribution in [3.05, 3.63) is 81.9 Å². The summed E-state index contributed by atoms with van der Waals surface area (Å²) in [5, 5.41) is 2.84. The number of amides is 1. The lowest BCUT2D eigenvalue weighted by atomic mass is 10.1. The zero-order valence-electron chi connectivity index (χ0n) is 19.0. The van der Waals surface area contributed by atoms with Crippen molar-refractivity contribution in [2.24, 2.45) is 0 Å². The smallest absolute Gasteiger partial charge is 0.264 e. The number of rotatable bonds is 11. The summed E-state index contributed by atoms with van der Waals surface area (Å²) in [7, 11) is -0.730. The fourth-order valence-corrected chi connectivity index (χ4v) is 5.19. The maximum atomic E-state index is 13.3. The molecule has 0 radical (unpaired) electrons. The van der Waals surface area contributed by atoms with E-state index in [1.165, 1.54) is 12.1 Å². The van der Waals surface area contributed by atoms with Gasteiger partial charge in [-0.25, -0.2) is 8.42 Å². The van der Waals surface area contributed by atoms with Crippen LogP contribution in [-0.2, 0) is 21.2 Å². The first kappa shape index (κ1) is 25.8. The highest BCUT2D eigenvalue weighted by Gasteiger charge is 2.27. The van der Waals surface area contributed by atoms with Crippen LogP contribution in [0.1, 0.15) is 12.0 Å². The van der Waals surface area contributed by atoms with E-state index in [1.807, 2.05) is 30.3 Å². The second-order valence-corrected chi connectivity index (χ2v) is 10.6. The van der Waals surface area contributed by atoms with Crippen molar-refractivity contribution in [2.45, 2.75) is 17.7 Å². The Morgan fingerprint density at radius 3 is 2.26 bits per heavy atom. The van der Waals surface area contributed by atoms with Crippen molar-refractivity contribution in [1.82, 2.24) is 5.32 Å². The zero-order chi connectivity index (χ0) is 24.6.